The molecule has 0 aromatic rings. The summed E-state index contributed by atoms with van der Waals surface area (Å²) in [6, 6.07) is 0. The second kappa shape index (κ2) is 11.2. The van der Waals surface area contributed by atoms with Crippen molar-refractivity contribution < 1.29 is 23.5 Å². The van der Waals surface area contributed by atoms with E-state index in [-0.39, 0.29) is 17.1 Å². The van der Waals surface area contributed by atoms with Crippen LogP contribution in [0.5, 0.6) is 0 Å². The summed E-state index contributed by atoms with van der Waals surface area (Å²) in [5.41, 5.74) is 0. The Kier molecular flexibility index (Phi) is 10.8. The lowest BCUT2D eigenvalue weighted by Crippen LogP contribution is -2.46. The number of carbonyl (C=O) groups excluding carboxylic acids is 2. The Morgan fingerprint density at radius 3 is 1.74 bits per heavy atom. The lowest BCUT2D eigenvalue weighted by Gasteiger charge is -2.42. The molecule has 0 heterocycles. The predicted molar refractivity (Wildman–Crippen MR) is 112 cm³/mol. The molecule has 0 spiro atoms. The third-order valence-corrected chi connectivity index (χ3v) is 10.6. The first-order chi connectivity index (χ1) is 12.3. The molecule has 0 amide bonds. The Hall–Kier alpha value is -0.883. The van der Waals surface area contributed by atoms with Crippen molar-refractivity contribution in [3.8, 4) is 0 Å². The zero-order valence-corrected chi connectivity index (χ0v) is 20.2. The lowest BCUT2D eigenvalue weighted by molar-refractivity contribution is -0.160. The molecule has 0 radical (unpaired) electrons. The number of hydrogen-bond acceptors (Lipinski definition) is 5. The van der Waals surface area contributed by atoms with E-state index in [0.717, 1.165) is 19.3 Å². The van der Waals surface area contributed by atoms with Crippen LogP contribution >= 0.6 is 0 Å². The molecule has 0 aliphatic carbocycles. The third-order valence-electron chi connectivity index (χ3n) is 6.09. The molecular formula is C21H42O5Si. The second-order valence-electron chi connectivity index (χ2n) is 9.17. The zero-order chi connectivity index (χ0) is 21.4. The minimum Gasteiger partial charge on any atom is -0.468 e. The van der Waals surface area contributed by atoms with Crippen LogP contribution in [0, 0.1) is 17.8 Å². The number of carbonyl (C=O) groups is 2. The van der Waals surface area contributed by atoms with Gasteiger partial charge in [-0.15, -0.1) is 0 Å². The maximum absolute atomic E-state index is 12.2. The van der Waals surface area contributed by atoms with Crippen molar-refractivity contribution in [1.82, 2.24) is 0 Å². The second-order valence-corrected chi connectivity index (χ2v) is 13.9. The fourth-order valence-electron chi connectivity index (χ4n) is 3.03. The minimum absolute atomic E-state index is 0.0108. The molecule has 0 aromatic carbocycles. The summed E-state index contributed by atoms with van der Waals surface area (Å²) in [4.78, 5) is 24.4. The van der Waals surface area contributed by atoms with Crippen LogP contribution in [0.1, 0.15) is 67.2 Å². The molecule has 5 nitrogen and oxygen atoms in total. The van der Waals surface area contributed by atoms with Gasteiger partial charge < -0.3 is 13.9 Å². The number of methoxy groups -OCH3 is 2. The number of ether oxygens (including phenoxy) is 2. The largest absolute Gasteiger partial charge is 0.468 e. The summed E-state index contributed by atoms with van der Waals surface area (Å²) in [6.45, 7) is 17.6. The summed E-state index contributed by atoms with van der Waals surface area (Å²) in [5, 5.41) is 0.103. The van der Waals surface area contributed by atoms with Crippen molar-refractivity contribution in [2.75, 3.05) is 14.2 Å². The Bertz CT molecular complexity index is 454. The van der Waals surface area contributed by atoms with E-state index in [1.54, 1.807) is 0 Å². The van der Waals surface area contributed by atoms with E-state index in [9.17, 15) is 9.59 Å². The average Bonchev–Trinajstić information content (AvgIpc) is 2.60. The molecule has 0 rings (SSSR count). The number of hydrogen-bond donors (Lipinski definition) is 0. The first-order valence-corrected chi connectivity index (χ1v) is 13.1. The van der Waals surface area contributed by atoms with E-state index in [0.29, 0.717) is 12.3 Å². The van der Waals surface area contributed by atoms with Gasteiger partial charge in [-0.3, -0.25) is 9.59 Å². The quantitative estimate of drug-likeness (QED) is 0.270. The fourth-order valence-corrected chi connectivity index (χ4v) is 4.50. The molecule has 3 atom stereocenters. The monoisotopic (exact) mass is 402 g/mol. The van der Waals surface area contributed by atoms with Gasteiger partial charge in [0.15, 0.2) is 14.2 Å². The highest BCUT2D eigenvalue weighted by molar-refractivity contribution is 6.74. The standard InChI is InChI=1S/C21H42O5Si/c1-11-15(3)13-16(14-17(19(22)24-7)20(23)25-8)18(12-2)26-27(9,10)21(4,5)6/h15-18H,11-14H2,1-10H3/t15-,16-,18+/m0/s1. The summed E-state index contributed by atoms with van der Waals surface area (Å²) in [7, 11) is 0.654. The molecule has 0 saturated heterocycles. The van der Waals surface area contributed by atoms with Crippen LogP contribution < -0.4 is 0 Å². The van der Waals surface area contributed by atoms with E-state index in [1.807, 2.05) is 0 Å². The van der Waals surface area contributed by atoms with E-state index in [4.69, 9.17) is 13.9 Å². The smallest absolute Gasteiger partial charge is 0.320 e. The molecule has 6 heteroatoms. The average molecular weight is 403 g/mol. The highest BCUT2D eigenvalue weighted by atomic mass is 28.4. The van der Waals surface area contributed by atoms with Crippen molar-refractivity contribution in [2.24, 2.45) is 17.8 Å². The van der Waals surface area contributed by atoms with Gasteiger partial charge in [0.05, 0.1) is 14.2 Å². The van der Waals surface area contributed by atoms with E-state index >= 15 is 0 Å². The Balaban J connectivity index is 5.69. The van der Waals surface area contributed by atoms with Gasteiger partial charge in [0, 0.05) is 6.10 Å². The van der Waals surface area contributed by atoms with Gasteiger partial charge in [-0.1, -0.05) is 48.0 Å². The van der Waals surface area contributed by atoms with Crippen LogP contribution in [0.4, 0.5) is 0 Å². The molecule has 0 aliphatic heterocycles. The molecule has 0 fully saturated rings. The van der Waals surface area contributed by atoms with Gasteiger partial charge in [-0.05, 0) is 49.2 Å². The summed E-state index contributed by atoms with van der Waals surface area (Å²) in [5.74, 6) is -1.37. The van der Waals surface area contributed by atoms with Crippen LogP contribution in [0.3, 0.4) is 0 Å². The third kappa shape index (κ3) is 7.94. The maximum Gasteiger partial charge on any atom is 0.320 e. The SMILES string of the molecule is CC[C@H](C)C[C@@H](CC(C(=O)OC)C(=O)OC)[C@@H](CC)O[Si](C)(C)C(C)(C)C. The molecule has 0 unspecified atom stereocenters. The van der Waals surface area contributed by atoms with Crippen LogP contribution in [0.15, 0.2) is 0 Å². The Labute approximate surface area is 167 Å². The molecule has 0 aromatic heterocycles. The summed E-state index contributed by atoms with van der Waals surface area (Å²) >= 11 is 0. The van der Waals surface area contributed by atoms with Crippen molar-refractivity contribution in [2.45, 2.75) is 91.5 Å². The van der Waals surface area contributed by atoms with Crippen LogP contribution in [-0.4, -0.2) is 40.6 Å². The topological polar surface area (TPSA) is 61.8 Å². The summed E-state index contributed by atoms with van der Waals surface area (Å²) < 4.78 is 16.4. The first-order valence-electron chi connectivity index (χ1n) is 10.2. The molecule has 27 heavy (non-hydrogen) atoms. The Morgan fingerprint density at radius 2 is 1.41 bits per heavy atom. The Morgan fingerprint density at radius 1 is 0.926 bits per heavy atom. The van der Waals surface area contributed by atoms with Crippen LogP contribution in [0.25, 0.3) is 0 Å². The van der Waals surface area contributed by atoms with Crippen molar-refractivity contribution in [3.05, 3.63) is 0 Å². The first kappa shape index (κ1) is 26.1. The van der Waals surface area contributed by atoms with Gasteiger partial charge in [-0.25, -0.2) is 0 Å². The lowest BCUT2D eigenvalue weighted by atomic mass is 9.82. The van der Waals surface area contributed by atoms with Gasteiger partial charge in [0.1, 0.15) is 0 Å². The maximum atomic E-state index is 12.2. The van der Waals surface area contributed by atoms with Crippen LogP contribution in [-0.2, 0) is 23.5 Å². The predicted octanol–water partition coefficient (Wildman–Crippen LogP) is 5.19. The number of rotatable bonds is 11. The van der Waals surface area contributed by atoms with Gasteiger partial charge >= 0.3 is 11.9 Å². The zero-order valence-electron chi connectivity index (χ0n) is 19.2. The van der Waals surface area contributed by atoms with Gasteiger partial charge in [0.25, 0.3) is 0 Å². The van der Waals surface area contributed by atoms with E-state index < -0.39 is 26.2 Å². The van der Waals surface area contributed by atoms with Gasteiger partial charge in [0.2, 0.25) is 0 Å². The summed E-state index contributed by atoms with van der Waals surface area (Å²) in [6.07, 6.45) is 3.22. The van der Waals surface area contributed by atoms with Crippen molar-refractivity contribution >= 4 is 20.3 Å². The van der Waals surface area contributed by atoms with E-state index in [1.165, 1.54) is 14.2 Å². The molecule has 0 bridgehead atoms. The van der Waals surface area contributed by atoms with Crippen molar-refractivity contribution in [1.29, 1.82) is 0 Å². The van der Waals surface area contributed by atoms with Crippen LogP contribution in [0.2, 0.25) is 18.1 Å². The minimum atomic E-state index is -1.97. The van der Waals surface area contributed by atoms with E-state index in [2.05, 4.69) is 54.6 Å². The highest BCUT2D eigenvalue weighted by Crippen LogP contribution is 2.40. The normalized spacial score (nSPS) is 16.0. The number of esters is 2. The highest BCUT2D eigenvalue weighted by Gasteiger charge is 2.42. The molecule has 160 valence electrons. The molecule has 0 saturated carbocycles. The molecule has 0 aliphatic rings. The van der Waals surface area contributed by atoms with Gasteiger partial charge in [-0.2, -0.15) is 0 Å². The molecular weight excluding hydrogens is 360 g/mol. The fraction of sp³-hybridized carbons (Fsp3) is 0.905. The molecule has 0 N–H and O–H groups in total. The van der Waals surface area contributed by atoms with Crippen molar-refractivity contribution in [3.63, 3.8) is 0 Å².